The number of fused-ring (bicyclic) bond motifs is 2. The lowest BCUT2D eigenvalue weighted by Crippen LogP contribution is -2.22. The van der Waals surface area contributed by atoms with E-state index in [1.165, 1.54) is 0 Å². The van der Waals surface area contributed by atoms with Crippen LogP contribution in [-0.2, 0) is 6.54 Å². The molecular formula is C23H19N5O2. The van der Waals surface area contributed by atoms with E-state index in [0.29, 0.717) is 40.5 Å². The summed E-state index contributed by atoms with van der Waals surface area (Å²) < 4.78 is 8.90. The Hall–Kier alpha value is -4.00. The zero-order valence-corrected chi connectivity index (χ0v) is 16.6. The molecule has 3 aromatic heterocycles. The van der Waals surface area contributed by atoms with Crippen LogP contribution in [0.1, 0.15) is 11.4 Å². The summed E-state index contributed by atoms with van der Waals surface area (Å²) >= 11 is 0. The maximum atomic E-state index is 13.6. The van der Waals surface area contributed by atoms with E-state index >= 15 is 0 Å². The molecule has 0 amide bonds. The largest absolute Gasteiger partial charge is 0.496 e. The molecule has 0 aliphatic carbocycles. The van der Waals surface area contributed by atoms with Crippen molar-refractivity contribution in [2.75, 3.05) is 7.11 Å². The zero-order chi connectivity index (χ0) is 20.7. The van der Waals surface area contributed by atoms with Gasteiger partial charge in [-0.3, -0.25) is 4.79 Å². The van der Waals surface area contributed by atoms with Crippen LogP contribution in [0.2, 0.25) is 0 Å². The highest BCUT2D eigenvalue weighted by Gasteiger charge is 2.20. The molecule has 0 N–H and O–H groups in total. The van der Waals surface area contributed by atoms with E-state index in [1.807, 2.05) is 60.7 Å². The summed E-state index contributed by atoms with van der Waals surface area (Å²) in [5, 5.41) is 4.99. The van der Waals surface area contributed by atoms with Crippen molar-refractivity contribution in [1.82, 2.24) is 24.1 Å². The van der Waals surface area contributed by atoms with Gasteiger partial charge in [-0.25, -0.2) is 4.98 Å². The van der Waals surface area contributed by atoms with Gasteiger partial charge in [0.2, 0.25) is 0 Å². The van der Waals surface area contributed by atoms with E-state index in [9.17, 15) is 4.79 Å². The van der Waals surface area contributed by atoms with Crippen LogP contribution in [0.4, 0.5) is 0 Å². The molecule has 0 atom stereocenters. The number of benzene rings is 2. The van der Waals surface area contributed by atoms with Crippen LogP contribution < -0.4 is 10.3 Å². The molecule has 30 heavy (non-hydrogen) atoms. The first-order valence-electron chi connectivity index (χ1n) is 9.59. The van der Waals surface area contributed by atoms with Crippen LogP contribution in [-0.4, -0.2) is 31.3 Å². The highest BCUT2D eigenvalue weighted by atomic mass is 16.5. The topological polar surface area (TPSA) is 74.3 Å². The Kier molecular flexibility index (Phi) is 4.28. The maximum Gasteiger partial charge on any atom is 0.262 e. The van der Waals surface area contributed by atoms with E-state index < -0.39 is 0 Å². The minimum Gasteiger partial charge on any atom is -0.496 e. The van der Waals surface area contributed by atoms with Gasteiger partial charge < -0.3 is 9.30 Å². The van der Waals surface area contributed by atoms with E-state index in [1.54, 1.807) is 29.3 Å². The second kappa shape index (κ2) is 7.11. The van der Waals surface area contributed by atoms with Crippen molar-refractivity contribution in [1.29, 1.82) is 0 Å². The summed E-state index contributed by atoms with van der Waals surface area (Å²) in [6.07, 6.45) is 1.77. The van der Waals surface area contributed by atoms with Crippen molar-refractivity contribution < 1.29 is 4.74 Å². The number of para-hydroxylation sites is 1. The third-order valence-corrected chi connectivity index (χ3v) is 5.07. The molecule has 0 saturated carbocycles. The third-order valence-electron chi connectivity index (χ3n) is 5.07. The molecule has 7 nitrogen and oxygen atoms in total. The number of methoxy groups -OCH3 is 1. The minimum atomic E-state index is -0.139. The van der Waals surface area contributed by atoms with Gasteiger partial charge in [0.05, 0.1) is 30.3 Å². The summed E-state index contributed by atoms with van der Waals surface area (Å²) in [6, 6.07) is 19.3. The Morgan fingerprint density at radius 3 is 2.53 bits per heavy atom. The second-order valence-electron chi connectivity index (χ2n) is 7.03. The molecule has 0 aliphatic heterocycles. The second-order valence-corrected chi connectivity index (χ2v) is 7.03. The lowest BCUT2D eigenvalue weighted by molar-refractivity contribution is 0.416. The Morgan fingerprint density at radius 1 is 0.967 bits per heavy atom. The summed E-state index contributed by atoms with van der Waals surface area (Å²) in [7, 11) is 1.61. The number of nitrogens with zero attached hydrogens (tertiary/aromatic N) is 5. The van der Waals surface area contributed by atoms with Crippen molar-refractivity contribution in [2.24, 2.45) is 0 Å². The number of aromatic nitrogens is 5. The Morgan fingerprint density at radius 2 is 1.73 bits per heavy atom. The van der Waals surface area contributed by atoms with Crippen molar-refractivity contribution >= 4 is 16.7 Å². The lowest BCUT2D eigenvalue weighted by atomic mass is 10.1. The van der Waals surface area contributed by atoms with Gasteiger partial charge in [0.1, 0.15) is 11.6 Å². The van der Waals surface area contributed by atoms with Gasteiger partial charge in [0.25, 0.3) is 11.3 Å². The molecule has 148 valence electrons. The van der Waals surface area contributed by atoms with E-state index in [4.69, 9.17) is 4.74 Å². The van der Waals surface area contributed by atoms with E-state index in [0.717, 1.165) is 11.1 Å². The monoisotopic (exact) mass is 397 g/mol. The van der Waals surface area contributed by atoms with Crippen LogP contribution in [0, 0.1) is 6.92 Å². The number of hydrogen-bond acceptors (Lipinski definition) is 5. The summed E-state index contributed by atoms with van der Waals surface area (Å²) in [6.45, 7) is 2.27. The van der Waals surface area contributed by atoms with Crippen LogP contribution in [0.15, 0.2) is 71.7 Å². The molecule has 5 rings (SSSR count). The van der Waals surface area contributed by atoms with Gasteiger partial charge in [-0.2, -0.15) is 9.50 Å². The average molecular weight is 397 g/mol. The fraction of sp³-hybridized carbons (Fsp3) is 0.130. The first-order chi connectivity index (χ1) is 14.7. The van der Waals surface area contributed by atoms with Gasteiger partial charge in [0.15, 0.2) is 0 Å². The molecular weight excluding hydrogens is 378 g/mol. The standard InChI is InChI=1S/C23H19N5O2/c1-15-24-23-25-18-12-13-27(14-16-8-4-3-5-9-16)22(29)20(18)21(28(23)26-15)17-10-6-7-11-19(17)30-2/h3-13H,14H2,1-2H3. The predicted molar refractivity (Wildman–Crippen MR) is 115 cm³/mol. The normalized spacial score (nSPS) is 11.3. The number of pyridine rings is 1. The highest BCUT2D eigenvalue weighted by molar-refractivity contribution is 5.94. The van der Waals surface area contributed by atoms with Gasteiger partial charge >= 0.3 is 0 Å². The smallest absolute Gasteiger partial charge is 0.262 e. The molecule has 0 saturated heterocycles. The Bertz CT molecular complexity index is 1440. The Labute approximate surface area is 172 Å². The molecule has 0 fully saturated rings. The number of ether oxygens (including phenoxy) is 1. The summed E-state index contributed by atoms with van der Waals surface area (Å²) in [5.41, 5.74) is 2.87. The third kappa shape index (κ3) is 2.91. The Balaban J connectivity index is 1.86. The highest BCUT2D eigenvalue weighted by Crippen LogP contribution is 2.33. The molecule has 0 unspecified atom stereocenters. The minimum absolute atomic E-state index is 0.139. The van der Waals surface area contributed by atoms with Gasteiger partial charge in [0, 0.05) is 11.8 Å². The summed E-state index contributed by atoms with van der Waals surface area (Å²) in [4.78, 5) is 22.6. The van der Waals surface area contributed by atoms with Crippen molar-refractivity contribution in [3.05, 3.63) is 88.6 Å². The fourth-order valence-electron chi connectivity index (χ4n) is 3.71. The number of rotatable bonds is 4. The molecule has 0 spiro atoms. The molecule has 2 aromatic carbocycles. The molecule has 0 radical (unpaired) electrons. The van der Waals surface area contributed by atoms with E-state index in [-0.39, 0.29) is 5.56 Å². The molecule has 0 bridgehead atoms. The van der Waals surface area contributed by atoms with Crippen molar-refractivity contribution in [3.63, 3.8) is 0 Å². The van der Waals surface area contributed by atoms with Crippen molar-refractivity contribution in [2.45, 2.75) is 13.5 Å². The fourth-order valence-corrected chi connectivity index (χ4v) is 3.71. The van der Waals surface area contributed by atoms with Gasteiger partial charge in [-0.15, -0.1) is 5.10 Å². The van der Waals surface area contributed by atoms with Crippen LogP contribution in [0.3, 0.4) is 0 Å². The van der Waals surface area contributed by atoms with Crippen molar-refractivity contribution in [3.8, 4) is 17.0 Å². The lowest BCUT2D eigenvalue weighted by Gasteiger charge is -2.13. The quantitative estimate of drug-likeness (QED) is 0.464. The predicted octanol–water partition coefficient (Wildman–Crippen LogP) is 3.47. The number of hydrogen-bond donors (Lipinski definition) is 0. The molecule has 5 aromatic rings. The van der Waals surface area contributed by atoms with Gasteiger partial charge in [-0.05, 0) is 30.7 Å². The first-order valence-corrected chi connectivity index (χ1v) is 9.59. The number of aryl methyl sites for hydroxylation is 1. The molecule has 3 heterocycles. The maximum absolute atomic E-state index is 13.6. The SMILES string of the molecule is COc1ccccc1-c1c2c(=O)n(Cc3ccccc3)ccc2nc2nc(C)nn12. The van der Waals surface area contributed by atoms with Gasteiger partial charge in [-0.1, -0.05) is 42.5 Å². The van der Waals surface area contributed by atoms with E-state index in [2.05, 4.69) is 15.1 Å². The van der Waals surface area contributed by atoms with Crippen LogP contribution in [0.5, 0.6) is 5.75 Å². The molecule has 7 heteroatoms. The average Bonchev–Trinajstić information content (AvgIpc) is 3.14. The zero-order valence-electron chi connectivity index (χ0n) is 16.6. The molecule has 0 aliphatic rings. The first kappa shape index (κ1) is 18.1. The van der Waals surface area contributed by atoms with Crippen LogP contribution >= 0.6 is 0 Å². The summed E-state index contributed by atoms with van der Waals surface area (Å²) in [5.74, 6) is 1.68. The van der Waals surface area contributed by atoms with Crippen LogP contribution in [0.25, 0.3) is 27.9 Å².